The number of carbonyl (C=O) groups is 1. The number of benzene rings is 1. The van der Waals surface area contributed by atoms with Crippen molar-refractivity contribution in [2.24, 2.45) is 0 Å². The molecule has 3 nitrogen and oxygen atoms in total. The van der Waals surface area contributed by atoms with Gasteiger partial charge in [0, 0.05) is 17.7 Å². The Kier molecular flexibility index (Phi) is 2.73. The maximum absolute atomic E-state index is 12.0. The van der Waals surface area contributed by atoms with Crippen molar-refractivity contribution in [3.8, 4) is 16.3 Å². The third-order valence-corrected chi connectivity index (χ3v) is 5.24. The molecule has 0 bridgehead atoms. The lowest BCUT2D eigenvalue weighted by Gasteiger charge is -2.17. The first-order valence-electron chi connectivity index (χ1n) is 7.38. The van der Waals surface area contributed by atoms with Crippen LogP contribution in [-0.2, 0) is 12.8 Å². The van der Waals surface area contributed by atoms with Crippen LogP contribution in [0.2, 0.25) is 0 Å². The standard InChI is InChI=1S/C17H17NO2S/c1-17(2)9-10-5-3-6-11(15(10)20-17)16-18-14-12(19)7-4-8-13(14)21-16/h3,5-6H,4,7-9H2,1-2H3. The predicted octanol–water partition coefficient (Wildman–Crippen LogP) is 4.04. The number of ether oxygens (including phenoxy) is 1. The number of aryl methyl sites for hydroxylation is 1. The number of aromatic nitrogens is 1. The predicted molar refractivity (Wildman–Crippen MR) is 83.2 cm³/mol. The Morgan fingerprint density at radius 1 is 1.29 bits per heavy atom. The monoisotopic (exact) mass is 299 g/mol. The van der Waals surface area contributed by atoms with Gasteiger partial charge in [-0.05, 0) is 38.3 Å². The molecule has 0 saturated heterocycles. The molecular weight excluding hydrogens is 282 g/mol. The minimum Gasteiger partial charge on any atom is -0.486 e. The van der Waals surface area contributed by atoms with Gasteiger partial charge in [-0.2, -0.15) is 0 Å². The van der Waals surface area contributed by atoms with E-state index in [1.54, 1.807) is 11.3 Å². The molecule has 1 aromatic carbocycles. The van der Waals surface area contributed by atoms with Gasteiger partial charge in [0.25, 0.3) is 0 Å². The Hall–Kier alpha value is -1.68. The van der Waals surface area contributed by atoms with Gasteiger partial charge in [0.1, 0.15) is 22.1 Å². The van der Waals surface area contributed by atoms with Crippen LogP contribution in [-0.4, -0.2) is 16.4 Å². The summed E-state index contributed by atoms with van der Waals surface area (Å²) in [5.74, 6) is 1.13. The summed E-state index contributed by atoms with van der Waals surface area (Å²) in [4.78, 5) is 17.7. The molecule has 0 atom stereocenters. The molecule has 0 N–H and O–H groups in total. The van der Waals surface area contributed by atoms with E-state index in [4.69, 9.17) is 4.74 Å². The van der Waals surface area contributed by atoms with Gasteiger partial charge < -0.3 is 4.74 Å². The molecule has 0 saturated carbocycles. The number of Topliss-reactive ketones (excluding diaryl/α,β-unsaturated/α-hetero) is 1. The molecule has 2 aromatic rings. The Morgan fingerprint density at radius 2 is 2.14 bits per heavy atom. The number of nitrogens with zero attached hydrogens (tertiary/aromatic N) is 1. The number of hydrogen-bond acceptors (Lipinski definition) is 4. The number of thiazole rings is 1. The molecule has 2 heterocycles. The molecule has 108 valence electrons. The second-order valence-electron chi connectivity index (χ2n) is 6.40. The highest BCUT2D eigenvalue weighted by Crippen LogP contribution is 2.44. The van der Waals surface area contributed by atoms with Crippen molar-refractivity contribution < 1.29 is 9.53 Å². The Balaban J connectivity index is 1.83. The number of rotatable bonds is 1. The van der Waals surface area contributed by atoms with Gasteiger partial charge in [0.15, 0.2) is 5.78 Å². The van der Waals surface area contributed by atoms with Crippen LogP contribution in [0.1, 0.15) is 47.6 Å². The second-order valence-corrected chi connectivity index (χ2v) is 7.48. The fraction of sp³-hybridized carbons (Fsp3) is 0.412. The van der Waals surface area contributed by atoms with Crippen molar-refractivity contribution in [2.75, 3.05) is 0 Å². The maximum Gasteiger partial charge on any atom is 0.182 e. The van der Waals surface area contributed by atoms with Gasteiger partial charge in [-0.15, -0.1) is 11.3 Å². The molecule has 4 rings (SSSR count). The van der Waals surface area contributed by atoms with Gasteiger partial charge in [-0.25, -0.2) is 4.98 Å². The lowest BCUT2D eigenvalue weighted by molar-refractivity contribution is 0.0968. The van der Waals surface area contributed by atoms with Gasteiger partial charge >= 0.3 is 0 Å². The van der Waals surface area contributed by atoms with Crippen molar-refractivity contribution in [1.29, 1.82) is 0 Å². The molecule has 0 unspecified atom stereocenters. The molecule has 21 heavy (non-hydrogen) atoms. The molecule has 1 aliphatic heterocycles. The quantitative estimate of drug-likeness (QED) is 0.797. The molecule has 1 aromatic heterocycles. The van der Waals surface area contributed by atoms with Crippen molar-refractivity contribution in [3.05, 3.63) is 34.3 Å². The minimum absolute atomic E-state index is 0.162. The van der Waals surface area contributed by atoms with E-state index in [1.165, 1.54) is 5.56 Å². The number of ketones is 1. The largest absolute Gasteiger partial charge is 0.486 e. The molecule has 0 amide bonds. The summed E-state index contributed by atoms with van der Waals surface area (Å²) in [6.07, 6.45) is 3.47. The van der Waals surface area contributed by atoms with Crippen molar-refractivity contribution >= 4 is 17.1 Å². The lowest BCUT2D eigenvalue weighted by Crippen LogP contribution is -2.24. The second kappa shape index (κ2) is 4.41. The average Bonchev–Trinajstić information content (AvgIpc) is 2.97. The summed E-state index contributed by atoms with van der Waals surface area (Å²) in [7, 11) is 0. The van der Waals surface area contributed by atoms with Crippen LogP contribution in [0.4, 0.5) is 0 Å². The van der Waals surface area contributed by atoms with E-state index < -0.39 is 0 Å². The first-order valence-corrected chi connectivity index (χ1v) is 8.19. The molecule has 0 radical (unpaired) electrons. The topological polar surface area (TPSA) is 39.2 Å². The maximum atomic E-state index is 12.0. The highest BCUT2D eigenvalue weighted by Gasteiger charge is 2.33. The molecule has 1 aliphatic carbocycles. The van der Waals surface area contributed by atoms with E-state index in [2.05, 4.69) is 37.0 Å². The van der Waals surface area contributed by atoms with Gasteiger partial charge in [0.05, 0.1) is 5.56 Å². The van der Waals surface area contributed by atoms with Crippen LogP contribution < -0.4 is 4.74 Å². The van der Waals surface area contributed by atoms with E-state index in [-0.39, 0.29) is 11.4 Å². The average molecular weight is 299 g/mol. The summed E-state index contributed by atoms with van der Waals surface area (Å²) >= 11 is 1.65. The zero-order chi connectivity index (χ0) is 14.6. The lowest BCUT2D eigenvalue weighted by atomic mass is 10.0. The SMILES string of the molecule is CC1(C)Cc2cccc(-c3nc4c(s3)CCCC4=O)c2O1. The van der Waals surface area contributed by atoms with Gasteiger partial charge in [-0.1, -0.05) is 12.1 Å². The first-order chi connectivity index (χ1) is 10.0. The molecular formula is C17H17NO2S. The zero-order valence-electron chi connectivity index (χ0n) is 12.2. The van der Waals surface area contributed by atoms with Crippen molar-refractivity contribution in [1.82, 2.24) is 4.98 Å². The zero-order valence-corrected chi connectivity index (χ0v) is 13.0. The minimum atomic E-state index is -0.162. The van der Waals surface area contributed by atoms with Crippen LogP contribution in [0.15, 0.2) is 18.2 Å². The van der Waals surface area contributed by atoms with E-state index in [0.717, 1.165) is 40.5 Å². The van der Waals surface area contributed by atoms with Crippen molar-refractivity contribution in [2.45, 2.75) is 45.1 Å². The highest BCUT2D eigenvalue weighted by molar-refractivity contribution is 7.15. The number of fused-ring (bicyclic) bond motifs is 2. The van der Waals surface area contributed by atoms with E-state index in [1.807, 2.05) is 0 Å². The summed E-state index contributed by atoms with van der Waals surface area (Å²) in [6, 6.07) is 6.22. The molecule has 0 fully saturated rings. The van der Waals surface area contributed by atoms with Gasteiger partial charge in [0.2, 0.25) is 0 Å². The first kappa shape index (κ1) is 13.0. The van der Waals surface area contributed by atoms with Crippen LogP contribution in [0.3, 0.4) is 0 Å². The van der Waals surface area contributed by atoms with Gasteiger partial charge in [-0.3, -0.25) is 4.79 Å². The normalized spacial score (nSPS) is 19.0. The fourth-order valence-corrected chi connectivity index (χ4v) is 4.31. The third kappa shape index (κ3) is 2.09. The van der Waals surface area contributed by atoms with Crippen LogP contribution in [0, 0.1) is 0 Å². The number of hydrogen-bond donors (Lipinski definition) is 0. The molecule has 2 aliphatic rings. The van der Waals surface area contributed by atoms with Crippen LogP contribution >= 0.6 is 11.3 Å². The van der Waals surface area contributed by atoms with Crippen molar-refractivity contribution in [3.63, 3.8) is 0 Å². The van der Waals surface area contributed by atoms with E-state index >= 15 is 0 Å². The Bertz CT molecular complexity index is 745. The van der Waals surface area contributed by atoms with Crippen LogP contribution in [0.25, 0.3) is 10.6 Å². The van der Waals surface area contributed by atoms with Crippen LogP contribution in [0.5, 0.6) is 5.75 Å². The summed E-state index contributed by atoms with van der Waals surface area (Å²) in [5, 5.41) is 0.921. The summed E-state index contributed by atoms with van der Waals surface area (Å²) in [5.41, 5.74) is 2.80. The number of carbonyl (C=O) groups excluding carboxylic acids is 1. The third-order valence-electron chi connectivity index (χ3n) is 4.09. The van der Waals surface area contributed by atoms with E-state index in [9.17, 15) is 4.79 Å². The fourth-order valence-electron chi connectivity index (χ4n) is 3.17. The molecule has 4 heteroatoms. The smallest absolute Gasteiger partial charge is 0.182 e. The number of para-hydroxylation sites is 1. The van der Waals surface area contributed by atoms with E-state index in [0.29, 0.717) is 12.1 Å². The molecule has 0 spiro atoms. The summed E-state index contributed by atoms with van der Waals surface area (Å²) < 4.78 is 6.12. The Labute approximate surface area is 128 Å². The summed E-state index contributed by atoms with van der Waals surface area (Å²) in [6.45, 7) is 4.21. The highest BCUT2D eigenvalue weighted by atomic mass is 32.1. The Morgan fingerprint density at radius 3 is 2.95 bits per heavy atom.